The van der Waals surface area contributed by atoms with Gasteiger partial charge in [0, 0.05) is 36.1 Å². The van der Waals surface area contributed by atoms with E-state index in [0.29, 0.717) is 34.3 Å². The number of carbonyl (C=O) groups is 2. The normalized spacial score (nSPS) is 12.2. The Morgan fingerprint density at radius 1 is 1.05 bits per heavy atom. The second-order valence-corrected chi connectivity index (χ2v) is 11.5. The highest BCUT2D eigenvalue weighted by atomic mass is 35.5. The molecule has 7 nitrogen and oxygen atoms in total. The molecular formula is C26H34Cl2FN3O4S. The van der Waals surface area contributed by atoms with Crippen molar-refractivity contribution in [2.45, 2.75) is 58.5 Å². The highest BCUT2D eigenvalue weighted by Crippen LogP contribution is 2.25. The second kappa shape index (κ2) is 14.5. The molecule has 0 spiro atoms. The third kappa shape index (κ3) is 9.47. The van der Waals surface area contributed by atoms with E-state index in [9.17, 15) is 22.4 Å². The van der Waals surface area contributed by atoms with Crippen molar-refractivity contribution in [3.05, 3.63) is 63.9 Å². The van der Waals surface area contributed by atoms with Crippen molar-refractivity contribution in [2.75, 3.05) is 23.7 Å². The van der Waals surface area contributed by atoms with E-state index in [1.165, 1.54) is 29.2 Å². The lowest BCUT2D eigenvalue weighted by atomic mass is 10.1. The fraction of sp³-hybridized carbons (Fsp3) is 0.462. The summed E-state index contributed by atoms with van der Waals surface area (Å²) in [5.74, 6) is -1.04. The van der Waals surface area contributed by atoms with E-state index in [1.54, 1.807) is 18.2 Å². The minimum atomic E-state index is -3.66. The Labute approximate surface area is 229 Å². The van der Waals surface area contributed by atoms with Gasteiger partial charge in [-0.25, -0.2) is 12.8 Å². The van der Waals surface area contributed by atoms with Crippen LogP contribution in [-0.2, 0) is 26.2 Å². The number of nitrogens with one attached hydrogen (secondary N) is 1. The van der Waals surface area contributed by atoms with Crippen molar-refractivity contribution >= 4 is 50.7 Å². The van der Waals surface area contributed by atoms with Gasteiger partial charge in [0.25, 0.3) is 0 Å². The van der Waals surface area contributed by atoms with E-state index in [-0.39, 0.29) is 37.7 Å². The summed E-state index contributed by atoms with van der Waals surface area (Å²) in [5.41, 5.74) is 0.950. The largest absolute Gasteiger partial charge is 0.354 e. The van der Waals surface area contributed by atoms with Crippen molar-refractivity contribution in [2.24, 2.45) is 0 Å². The summed E-state index contributed by atoms with van der Waals surface area (Å²) >= 11 is 12.4. The number of unbranched alkanes of at least 4 members (excludes halogenated alkanes) is 1. The van der Waals surface area contributed by atoms with Crippen molar-refractivity contribution in [3.8, 4) is 0 Å². The molecule has 2 amide bonds. The van der Waals surface area contributed by atoms with Crippen LogP contribution in [0.25, 0.3) is 0 Å². The Hall–Kier alpha value is -2.36. The molecule has 0 saturated carbocycles. The number of hydrogen-bond acceptors (Lipinski definition) is 4. The summed E-state index contributed by atoms with van der Waals surface area (Å²) in [6.45, 7) is 4.48. The molecule has 0 unspecified atom stereocenters. The number of amides is 2. The summed E-state index contributed by atoms with van der Waals surface area (Å²) in [5, 5.41) is 3.73. The predicted molar refractivity (Wildman–Crippen MR) is 147 cm³/mol. The number of hydrogen-bond donors (Lipinski definition) is 1. The Morgan fingerprint density at radius 3 is 2.30 bits per heavy atom. The maximum atomic E-state index is 13.4. The summed E-state index contributed by atoms with van der Waals surface area (Å²) in [6.07, 6.45) is 3.38. The molecule has 0 bridgehead atoms. The van der Waals surface area contributed by atoms with Gasteiger partial charge in [0.2, 0.25) is 21.8 Å². The van der Waals surface area contributed by atoms with E-state index in [0.717, 1.165) is 23.4 Å². The van der Waals surface area contributed by atoms with Crippen molar-refractivity contribution in [3.63, 3.8) is 0 Å². The number of nitrogens with zero attached hydrogens (tertiary/aromatic N) is 2. The number of anilines is 1. The van der Waals surface area contributed by atoms with Gasteiger partial charge in [-0.1, -0.05) is 49.5 Å². The maximum Gasteiger partial charge on any atom is 0.242 e. The molecule has 2 rings (SSSR count). The first-order valence-electron chi connectivity index (χ1n) is 12.2. The fourth-order valence-corrected chi connectivity index (χ4v) is 5.30. The van der Waals surface area contributed by atoms with Gasteiger partial charge in [-0.2, -0.15) is 0 Å². The van der Waals surface area contributed by atoms with Gasteiger partial charge in [0.15, 0.2) is 0 Å². The van der Waals surface area contributed by atoms with Crippen LogP contribution in [0.2, 0.25) is 10.0 Å². The van der Waals surface area contributed by atoms with Crippen LogP contribution in [0, 0.1) is 5.82 Å². The van der Waals surface area contributed by atoms with E-state index >= 15 is 0 Å². The zero-order valence-electron chi connectivity index (χ0n) is 21.3. The summed E-state index contributed by atoms with van der Waals surface area (Å²) in [6, 6.07) is 9.35. The first kappa shape index (κ1) is 30.9. The van der Waals surface area contributed by atoms with Crippen LogP contribution in [0.4, 0.5) is 10.1 Å². The standard InChI is InChI=1S/C26H34Cl2FN3O4S/c1-4-6-15-30-26(34)24(5-2)31(18-19-9-10-20(27)17-23(19)28)25(33)8-7-16-32(37(3,35)36)22-13-11-21(29)12-14-22/h9-14,17,24H,4-8,15-16,18H2,1-3H3,(H,30,34)/t24-/m1/s1. The molecule has 204 valence electrons. The van der Waals surface area contributed by atoms with Crippen LogP contribution in [0.5, 0.6) is 0 Å². The Balaban J connectivity index is 2.22. The summed E-state index contributed by atoms with van der Waals surface area (Å²) in [4.78, 5) is 27.9. The number of carbonyl (C=O) groups excluding carboxylic acids is 2. The fourth-order valence-electron chi connectivity index (χ4n) is 3.87. The zero-order chi connectivity index (χ0) is 27.6. The quantitative estimate of drug-likeness (QED) is 0.306. The summed E-state index contributed by atoms with van der Waals surface area (Å²) < 4.78 is 39.2. The third-order valence-electron chi connectivity index (χ3n) is 5.84. The molecule has 0 aliphatic rings. The molecule has 11 heteroatoms. The van der Waals surface area contributed by atoms with Crippen LogP contribution in [-0.4, -0.2) is 50.5 Å². The molecule has 1 atom stereocenters. The molecule has 37 heavy (non-hydrogen) atoms. The number of sulfonamides is 1. The topological polar surface area (TPSA) is 86.8 Å². The predicted octanol–water partition coefficient (Wildman–Crippen LogP) is 5.40. The number of benzene rings is 2. The van der Waals surface area contributed by atoms with Gasteiger partial charge >= 0.3 is 0 Å². The zero-order valence-corrected chi connectivity index (χ0v) is 23.7. The molecule has 1 N–H and O–H groups in total. The Morgan fingerprint density at radius 2 is 1.73 bits per heavy atom. The van der Waals surface area contributed by atoms with Gasteiger partial charge < -0.3 is 10.2 Å². The minimum Gasteiger partial charge on any atom is -0.354 e. The van der Waals surface area contributed by atoms with Crippen molar-refractivity contribution in [1.29, 1.82) is 0 Å². The van der Waals surface area contributed by atoms with Crippen molar-refractivity contribution in [1.82, 2.24) is 10.2 Å². The third-order valence-corrected chi connectivity index (χ3v) is 7.62. The van der Waals surface area contributed by atoms with Crippen LogP contribution >= 0.6 is 23.2 Å². The molecule has 0 aliphatic carbocycles. The number of rotatable bonds is 14. The van der Waals surface area contributed by atoms with Gasteiger partial charge in [-0.05, 0) is 61.2 Å². The lowest BCUT2D eigenvalue weighted by molar-refractivity contribution is -0.141. The monoisotopic (exact) mass is 573 g/mol. The average Bonchev–Trinajstić information content (AvgIpc) is 2.83. The highest BCUT2D eigenvalue weighted by Gasteiger charge is 2.29. The minimum absolute atomic E-state index is 0.00281. The van der Waals surface area contributed by atoms with Crippen LogP contribution < -0.4 is 9.62 Å². The van der Waals surface area contributed by atoms with Gasteiger partial charge in [0.05, 0.1) is 11.9 Å². The van der Waals surface area contributed by atoms with Crippen LogP contribution in [0.15, 0.2) is 42.5 Å². The SMILES string of the molecule is CCCCNC(=O)[C@@H](CC)N(Cc1ccc(Cl)cc1Cl)C(=O)CCCN(c1ccc(F)cc1)S(C)(=O)=O. The smallest absolute Gasteiger partial charge is 0.242 e. The Bertz CT molecular complexity index is 1160. The highest BCUT2D eigenvalue weighted by molar-refractivity contribution is 7.92. The van der Waals surface area contributed by atoms with Gasteiger partial charge in [0.1, 0.15) is 11.9 Å². The van der Waals surface area contributed by atoms with Crippen molar-refractivity contribution < 1.29 is 22.4 Å². The van der Waals surface area contributed by atoms with E-state index in [2.05, 4.69) is 5.32 Å². The molecule has 2 aromatic rings. The lowest BCUT2D eigenvalue weighted by Crippen LogP contribution is -2.49. The molecule has 0 heterocycles. The van der Waals surface area contributed by atoms with Crippen LogP contribution in [0.1, 0.15) is 51.5 Å². The molecule has 0 aromatic heterocycles. The first-order valence-corrected chi connectivity index (χ1v) is 14.8. The molecule has 0 fully saturated rings. The molecular weight excluding hydrogens is 540 g/mol. The Kier molecular flexibility index (Phi) is 12.1. The van der Waals surface area contributed by atoms with E-state index in [4.69, 9.17) is 23.2 Å². The second-order valence-electron chi connectivity index (χ2n) is 8.74. The number of halogens is 3. The van der Waals surface area contributed by atoms with E-state index < -0.39 is 21.9 Å². The molecule has 0 saturated heterocycles. The van der Waals surface area contributed by atoms with Gasteiger partial charge in [-0.3, -0.25) is 13.9 Å². The van der Waals surface area contributed by atoms with Gasteiger partial charge in [-0.15, -0.1) is 0 Å². The average molecular weight is 575 g/mol. The molecule has 0 aliphatic heterocycles. The van der Waals surface area contributed by atoms with E-state index in [1.807, 2.05) is 13.8 Å². The van der Waals surface area contributed by atoms with Crippen LogP contribution in [0.3, 0.4) is 0 Å². The molecule has 0 radical (unpaired) electrons. The molecule has 2 aromatic carbocycles. The lowest BCUT2D eigenvalue weighted by Gasteiger charge is -2.31. The maximum absolute atomic E-state index is 13.4. The summed E-state index contributed by atoms with van der Waals surface area (Å²) in [7, 11) is -3.66. The first-order chi connectivity index (χ1) is 17.5.